The van der Waals surface area contributed by atoms with E-state index in [1.807, 2.05) is 47.5 Å². The van der Waals surface area contributed by atoms with E-state index in [-0.39, 0.29) is 11.9 Å². The van der Waals surface area contributed by atoms with Crippen molar-refractivity contribution in [3.05, 3.63) is 86.9 Å². The molecule has 1 aliphatic heterocycles. The summed E-state index contributed by atoms with van der Waals surface area (Å²) >= 11 is 1.59. The minimum absolute atomic E-state index is 0.0603. The summed E-state index contributed by atoms with van der Waals surface area (Å²) in [4.78, 5) is 19.4. The summed E-state index contributed by atoms with van der Waals surface area (Å²) in [7, 11) is 0. The largest absolute Gasteiger partial charge is 0.332 e. The molecule has 1 unspecified atom stereocenters. The zero-order valence-electron chi connectivity index (χ0n) is 15.4. The average molecular weight is 372 g/mol. The number of amides is 1. The molecule has 1 amide bonds. The van der Waals surface area contributed by atoms with E-state index in [4.69, 9.17) is 0 Å². The summed E-state index contributed by atoms with van der Waals surface area (Å²) in [5.41, 5.74) is 4.87. The van der Waals surface area contributed by atoms with E-state index in [2.05, 4.69) is 41.9 Å². The highest BCUT2D eigenvalue weighted by atomic mass is 32.1. The zero-order valence-corrected chi connectivity index (χ0v) is 16.2. The SMILES string of the molecule is Cc1nc(C#Cc2cccc(C(=O)N3CCc4ccccc4C3C)c2)cs1. The lowest BCUT2D eigenvalue weighted by molar-refractivity contribution is 0.0677. The van der Waals surface area contributed by atoms with Gasteiger partial charge >= 0.3 is 0 Å². The third-order valence-electron chi connectivity index (χ3n) is 4.92. The Morgan fingerprint density at radius 3 is 2.85 bits per heavy atom. The second kappa shape index (κ2) is 7.38. The summed E-state index contributed by atoms with van der Waals surface area (Å²) in [5.74, 6) is 6.26. The van der Waals surface area contributed by atoms with Crippen molar-refractivity contribution in [1.29, 1.82) is 0 Å². The van der Waals surface area contributed by atoms with Crippen LogP contribution in [-0.4, -0.2) is 22.3 Å². The molecule has 4 rings (SSSR count). The number of benzene rings is 2. The predicted molar refractivity (Wildman–Crippen MR) is 109 cm³/mol. The Bertz CT molecular complexity index is 1060. The van der Waals surface area contributed by atoms with Gasteiger partial charge in [-0.15, -0.1) is 11.3 Å². The molecule has 4 heteroatoms. The standard InChI is InChI=1S/C23H20N2OS/c1-16-22-9-4-3-7-19(22)12-13-25(16)23(26)20-8-5-6-18(14-20)10-11-21-15-27-17(2)24-21/h3-9,14-16H,12-13H2,1-2H3. The topological polar surface area (TPSA) is 33.2 Å². The number of hydrogen-bond acceptors (Lipinski definition) is 3. The van der Waals surface area contributed by atoms with Gasteiger partial charge in [0.05, 0.1) is 11.0 Å². The molecular weight excluding hydrogens is 352 g/mol. The molecule has 2 aromatic carbocycles. The monoisotopic (exact) mass is 372 g/mol. The molecule has 2 heterocycles. The van der Waals surface area contributed by atoms with Crippen molar-refractivity contribution in [2.24, 2.45) is 0 Å². The molecule has 0 saturated heterocycles. The minimum atomic E-state index is 0.0603. The predicted octanol–water partition coefficient (Wildman–Crippen LogP) is 4.61. The molecular formula is C23H20N2OS. The van der Waals surface area contributed by atoms with Gasteiger partial charge in [0, 0.05) is 23.1 Å². The van der Waals surface area contributed by atoms with E-state index in [0.717, 1.165) is 29.2 Å². The van der Waals surface area contributed by atoms with Gasteiger partial charge in [-0.1, -0.05) is 36.3 Å². The molecule has 134 valence electrons. The van der Waals surface area contributed by atoms with Crippen LogP contribution in [0.15, 0.2) is 53.9 Å². The highest BCUT2D eigenvalue weighted by Crippen LogP contribution is 2.30. The van der Waals surface area contributed by atoms with Crippen LogP contribution in [0.4, 0.5) is 0 Å². The van der Waals surface area contributed by atoms with Crippen LogP contribution in [0.2, 0.25) is 0 Å². The average Bonchev–Trinajstić information content (AvgIpc) is 3.12. The molecule has 1 aromatic heterocycles. The lowest BCUT2D eigenvalue weighted by Gasteiger charge is -2.35. The Kier molecular flexibility index (Phi) is 4.79. The minimum Gasteiger partial charge on any atom is -0.332 e. The summed E-state index contributed by atoms with van der Waals surface area (Å²) in [6, 6.07) is 16.0. The number of thiazole rings is 1. The van der Waals surface area contributed by atoms with Crippen molar-refractivity contribution >= 4 is 17.2 Å². The number of aryl methyl sites for hydroxylation is 1. The van der Waals surface area contributed by atoms with Crippen LogP contribution in [0, 0.1) is 18.8 Å². The fourth-order valence-corrected chi connectivity index (χ4v) is 4.05. The smallest absolute Gasteiger partial charge is 0.254 e. The maximum absolute atomic E-state index is 13.1. The summed E-state index contributed by atoms with van der Waals surface area (Å²) < 4.78 is 0. The van der Waals surface area contributed by atoms with Gasteiger partial charge in [0.25, 0.3) is 5.91 Å². The van der Waals surface area contributed by atoms with Crippen LogP contribution >= 0.6 is 11.3 Å². The van der Waals surface area contributed by atoms with E-state index in [1.54, 1.807) is 11.3 Å². The number of fused-ring (bicyclic) bond motifs is 1. The number of nitrogens with zero attached hydrogens (tertiary/aromatic N) is 2. The molecule has 1 aliphatic rings. The van der Waals surface area contributed by atoms with Gasteiger partial charge in [-0.2, -0.15) is 0 Å². The van der Waals surface area contributed by atoms with Crippen LogP contribution < -0.4 is 0 Å². The van der Waals surface area contributed by atoms with Gasteiger partial charge in [0.2, 0.25) is 0 Å². The zero-order chi connectivity index (χ0) is 18.8. The van der Waals surface area contributed by atoms with Gasteiger partial charge in [0.15, 0.2) is 0 Å². The number of carbonyl (C=O) groups excluding carboxylic acids is 1. The Morgan fingerprint density at radius 2 is 2.04 bits per heavy atom. The Labute approximate surface area is 163 Å². The quantitative estimate of drug-likeness (QED) is 0.585. The first-order valence-corrected chi connectivity index (χ1v) is 9.93. The second-order valence-corrected chi connectivity index (χ2v) is 7.77. The first kappa shape index (κ1) is 17.5. The first-order chi connectivity index (χ1) is 13.1. The first-order valence-electron chi connectivity index (χ1n) is 9.05. The number of rotatable bonds is 1. The van der Waals surface area contributed by atoms with Crippen LogP contribution in [0.1, 0.15) is 50.7 Å². The highest BCUT2D eigenvalue weighted by Gasteiger charge is 2.27. The Balaban J connectivity index is 1.57. The molecule has 1 atom stereocenters. The molecule has 3 aromatic rings. The third kappa shape index (κ3) is 3.65. The molecule has 0 radical (unpaired) electrons. The third-order valence-corrected chi connectivity index (χ3v) is 5.69. The van der Waals surface area contributed by atoms with Crippen molar-refractivity contribution in [3.8, 4) is 11.8 Å². The molecule has 0 N–H and O–H groups in total. The van der Waals surface area contributed by atoms with Crippen molar-refractivity contribution in [2.45, 2.75) is 26.3 Å². The number of aromatic nitrogens is 1. The van der Waals surface area contributed by atoms with E-state index < -0.39 is 0 Å². The van der Waals surface area contributed by atoms with Gasteiger partial charge in [-0.25, -0.2) is 4.98 Å². The van der Waals surface area contributed by atoms with Crippen LogP contribution in [0.5, 0.6) is 0 Å². The molecule has 0 spiro atoms. The normalized spacial score (nSPS) is 15.6. The van der Waals surface area contributed by atoms with E-state index in [9.17, 15) is 4.79 Å². The molecule has 27 heavy (non-hydrogen) atoms. The van der Waals surface area contributed by atoms with E-state index in [1.165, 1.54) is 11.1 Å². The molecule has 0 bridgehead atoms. The van der Waals surface area contributed by atoms with Crippen LogP contribution in [-0.2, 0) is 6.42 Å². The van der Waals surface area contributed by atoms with Crippen LogP contribution in [0.25, 0.3) is 0 Å². The summed E-state index contributed by atoms with van der Waals surface area (Å²) in [5, 5.41) is 2.95. The van der Waals surface area contributed by atoms with Crippen LogP contribution in [0.3, 0.4) is 0 Å². The Morgan fingerprint density at radius 1 is 1.19 bits per heavy atom. The maximum atomic E-state index is 13.1. The van der Waals surface area contributed by atoms with E-state index in [0.29, 0.717) is 5.56 Å². The molecule has 0 fully saturated rings. The number of hydrogen-bond donors (Lipinski definition) is 0. The lowest BCUT2D eigenvalue weighted by Crippen LogP contribution is -2.38. The molecule has 0 aliphatic carbocycles. The Hall–Kier alpha value is -2.90. The number of carbonyl (C=O) groups is 1. The van der Waals surface area contributed by atoms with Gasteiger partial charge in [-0.05, 0) is 55.5 Å². The summed E-state index contributed by atoms with van der Waals surface area (Å²) in [6.45, 7) is 4.81. The highest BCUT2D eigenvalue weighted by molar-refractivity contribution is 7.09. The van der Waals surface area contributed by atoms with Gasteiger partial charge in [-0.3, -0.25) is 4.79 Å². The fourth-order valence-electron chi connectivity index (χ4n) is 3.50. The van der Waals surface area contributed by atoms with Crippen molar-refractivity contribution < 1.29 is 4.79 Å². The van der Waals surface area contributed by atoms with Crippen molar-refractivity contribution in [3.63, 3.8) is 0 Å². The van der Waals surface area contributed by atoms with Gasteiger partial charge < -0.3 is 4.90 Å². The molecule has 3 nitrogen and oxygen atoms in total. The second-order valence-electron chi connectivity index (χ2n) is 6.71. The lowest BCUT2D eigenvalue weighted by atomic mass is 9.93. The molecule has 0 saturated carbocycles. The van der Waals surface area contributed by atoms with Gasteiger partial charge in [0.1, 0.15) is 5.69 Å². The summed E-state index contributed by atoms with van der Waals surface area (Å²) in [6.07, 6.45) is 0.898. The fraction of sp³-hybridized carbons (Fsp3) is 0.217. The van der Waals surface area contributed by atoms with Crippen molar-refractivity contribution in [1.82, 2.24) is 9.88 Å². The maximum Gasteiger partial charge on any atom is 0.254 e. The van der Waals surface area contributed by atoms with Crippen molar-refractivity contribution in [2.75, 3.05) is 6.54 Å². The van der Waals surface area contributed by atoms with E-state index >= 15 is 0 Å².